The van der Waals surface area contributed by atoms with Gasteiger partial charge in [-0.05, 0) is 60.7 Å². The van der Waals surface area contributed by atoms with E-state index in [1.54, 1.807) is 30.3 Å². The predicted molar refractivity (Wildman–Crippen MR) is 110 cm³/mol. The van der Waals surface area contributed by atoms with Crippen molar-refractivity contribution in [2.75, 3.05) is 0 Å². The Morgan fingerprint density at radius 2 is 1.65 bits per heavy atom. The number of carbonyl (C=O) groups is 2. The lowest BCUT2D eigenvalue weighted by atomic mass is 9.83. The molecule has 0 unspecified atom stereocenters. The van der Waals surface area contributed by atoms with Gasteiger partial charge in [0.25, 0.3) is 0 Å². The summed E-state index contributed by atoms with van der Waals surface area (Å²) in [7, 11) is 0. The fraction of sp³-hybridized carbons (Fsp3) is 0.130. The van der Waals surface area contributed by atoms with Gasteiger partial charge in [0, 0.05) is 16.2 Å². The smallest absolute Gasteiger partial charge is 0.344 e. The van der Waals surface area contributed by atoms with E-state index in [0.29, 0.717) is 41.0 Å². The molecule has 0 heterocycles. The standard InChI is InChI=1S/C23H16ClF3O4/c24-16-8-6-14(7-9-16)19(23(29)30)18-3-1-2-15(20(18)28)12-13-4-10-17(11-5-13)31-22(27)21(25)26/h4-12H,1-3H2,(H,29,30). The lowest BCUT2D eigenvalue weighted by molar-refractivity contribution is -0.130. The molecule has 1 N–H and O–H groups in total. The van der Waals surface area contributed by atoms with Crippen LogP contribution in [0.5, 0.6) is 5.75 Å². The van der Waals surface area contributed by atoms with Crippen molar-refractivity contribution in [1.82, 2.24) is 0 Å². The Balaban J connectivity index is 1.91. The highest BCUT2D eigenvalue weighted by Gasteiger charge is 2.27. The van der Waals surface area contributed by atoms with Crippen LogP contribution in [0.3, 0.4) is 0 Å². The molecule has 3 rings (SSSR count). The van der Waals surface area contributed by atoms with Gasteiger partial charge in [-0.3, -0.25) is 4.79 Å². The molecular formula is C23H16ClF3O4. The van der Waals surface area contributed by atoms with Crippen LogP contribution in [-0.4, -0.2) is 16.9 Å². The van der Waals surface area contributed by atoms with Gasteiger partial charge in [-0.1, -0.05) is 35.9 Å². The largest absolute Gasteiger partial charge is 0.478 e. The number of hydrogen-bond donors (Lipinski definition) is 1. The highest BCUT2D eigenvalue weighted by Crippen LogP contribution is 2.33. The van der Waals surface area contributed by atoms with Gasteiger partial charge in [-0.25, -0.2) is 4.79 Å². The average molecular weight is 449 g/mol. The number of ketones is 1. The molecule has 0 bridgehead atoms. The second kappa shape index (κ2) is 9.66. The summed E-state index contributed by atoms with van der Waals surface area (Å²) in [6.45, 7) is 0. The number of hydrogen-bond acceptors (Lipinski definition) is 3. The van der Waals surface area contributed by atoms with Crippen LogP contribution in [0.4, 0.5) is 13.2 Å². The topological polar surface area (TPSA) is 63.6 Å². The van der Waals surface area contributed by atoms with E-state index in [1.165, 1.54) is 24.3 Å². The van der Waals surface area contributed by atoms with Gasteiger partial charge >= 0.3 is 18.1 Å². The summed E-state index contributed by atoms with van der Waals surface area (Å²) in [5.41, 5.74) is 1.51. The first-order chi connectivity index (χ1) is 14.8. The van der Waals surface area contributed by atoms with Gasteiger partial charge in [0.2, 0.25) is 0 Å². The third-order valence-electron chi connectivity index (χ3n) is 4.66. The van der Waals surface area contributed by atoms with E-state index in [4.69, 9.17) is 11.6 Å². The number of carboxylic acids is 1. The van der Waals surface area contributed by atoms with Crippen molar-refractivity contribution in [3.05, 3.63) is 87.9 Å². The summed E-state index contributed by atoms with van der Waals surface area (Å²) in [6.07, 6.45) is 0.401. The zero-order valence-corrected chi connectivity index (χ0v) is 16.8. The van der Waals surface area contributed by atoms with Gasteiger partial charge in [0.1, 0.15) is 5.75 Å². The summed E-state index contributed by atoms with van der Waals surface area (Å²) in [6, 6.07) is 9.77. The average Bonchev–Trinajstić information content (AvgIpc) is 2.73. The Labute approximate surface area is 180 Å². The first-order valence-electron chi connectivity index (χ1n) is 9.22. The maximum Gasteiger partial charge on any atom is 0.344 e. The van der Waals surface area contributed by atoms with Crippen molar-refractivity contribution < 1.29 is 32.6 Å². The number of ether oxygens (including phenoxy) is 1. The van der Waals surface area contributed by atoms with Crippen LogP contribution in [0.2, 0.25) is 5.02 Å². The molecule has 0 radical (unpaired) electrons. The third kappa shape index (κ3) is 5.44. The first-order valence-corrected chi connectivity index (χ1v) is 9.60. The van der Waals surface area contributed by atoms with E-state index in [-0.39, 0.29) is 22.7 Å². The molecule has 0 amide bonds. The van der Waals surface area contributed by atoms with Gasteiger partial charge in [0.15, 0.2) is 5.78 Å². The predicted octanol–water partition coefficient (Wildman–Crippen LogP) is 6.43. The highest BCUT2D eigenvalue weighted by atomic mass is 35.5. The first kappa shape index (κ1) is 22.4. The van der Waals surface area contributed by atoms with Crippen LogP contribution in [0.25, 0.3) is 11.6 Å². The molecule has 2 aromatic rings. The van der Waals surface area contributed by atoms with Crippen LogP contribution in [0.1, 0.15) is 30.4 Å². The lowest BCUT2D eigenvalue weighted by Crippen LogP contribution is -2.17. The number of carboxylic acid groups (broad SMARTS) is 1. The van der Waals surface area contributed by atoms with E-state index in [0.717, 1.165) is 0 Å². The maximum atomic E-state index is 13.0. The molecule has 8 heteroatoms. The second-order valence-electron chi connectivity index (χ2n) is 6.72. The fourth-order valence-corrected chi connectivity index (χ4v) is 3.40. The molecule has 0 aliphatic heterocycles. The minimum absolute atomic E-state index is 0.0634. The number of halogens is 4. The molecule has 1 aliphatic carbocycles. The van der Waals surface area contributed by atoms with Crippen LogP contribution in [-0.2, 0) is 9.59 Å². The molecule has 160 valence electrons. The normalized spacial score (nSPS) is 16.8. The summed E-state index contributed by atoms with van der Waals surface area (Å²) in [5.74, 6) is -1.70. The zero-order chi connectivity index (χ0) is 22.5. The van der Waals surface area contributed by atoms with Crippen molar-refractivity contribution in [2.45, 2.75) is 19.3 Å². The Bertz CT molecular complexity index is 1100. The monoisotopic (exact) mass is 448 g/mol. The summed E-state index contributed by atoms with van der Waals surface area (Å²) in [5, 5.41) is 10.2. The van der Waals surface area contributed by atoms with Crippen molar-refractivity contribution in [3.63, 3.8) is 0 Å². The Morgan fingerprint density at radius 3 is 2.23 bits per heavy atom. The number of allylic oxidation sites excluding steroid dienone is 2. The molecule has 0 saturated heterocycles. The molecular weight excluding hydrogens is 433 g/mol. The minimum Gasteiger partial charge on any atom is -0.478 e. The van der Waals surface area contributed by atoms with Crippen LogP contribution in [0, 0.1) is 0 Å². The molecule has 1 saturated carbocycles. The number of Topliss-reactive ketones (excluding diaryl/α,β-unsaturated/α-hetero) is 1. The van der Waals surface area contributed by atoms with E-state index >= 15 is 0 Å². The van der Waals surface area contributed by atoms with Crippen molar-refractivity contribution in [1.29, 1.82) is 0 Å². The van der Waals surface area contributed by atoms with Crippen LogP contribution >= 0.6 is 11.6 Å². The summed E-state index contributed by atoms with van der Waals surface area (Å²) < 4.78 is 41.5. The van der Waals surface area contributed by atoms with E-state index in [1.807, 2.05) is 0 Å². The van der Waals surface area contributed by atoms with Crippen molar-refractivity contribution in [2.24, 2.45) is 0 Å². The van der Waals surface area contributed by atoms with Crippen LogP contribution < -0.4 is 4.74 Å². The summed E-state index contributed by atoms with van der Waals surface area (Å²) >= 11 is 5.87. The molecule has 2 aromatic carbocycles. The molecule has 4 nitrogen and oxygen atoms in total. The van der Waals surface area contributed by atoms with Crippen LogP contribution in [0.15, 0.2) is 71.8 Å². The number of rotatable bonds is 5. The Kier molecular flexibility index (Phi) is 6.97. The maximum absolute atomic E-state index is 13.0. The Morgan fingerprint density at radius 1 is 1.00 bits per heavy atom. The summed E-state index contributed by atoms with van der Waals surface area (Å²) in [4.78, 5) is 24.9. The highest BCUT2D eigenvalue weighted by molar-refractivity contribution is 6.31. The molecule has 31 heavy (non-hydrogen) atoms. The fourth-order valence-electron chi connectivity index (χ4n) is 3.27. The van der Waals surface area contributed by atoms with Gasteiger partial charge in [0.05, 0.1) is 5.57 Å². The molecule has 0 spiro atoms. The lowest BCUT2D eigenvalue weighted by Gasteiger charge is -2.19. The molecule has 1 fully saturated rings. The second-order valence-corrected chi connectivity index (χ2v) is 7.16. The number of carbonyl (C=O) groups excluding carboxylic acids is 1. The number of aliphatic carboxylic acids is 1. The molecule has 0 atom stereocenters. The minimum atomic E-state index is -2.56. The van der Waals surface area contributed by atoms with E-state index < -0.39 is 18.1 Å². The van der Waals surface area contributed by atoms with Gasteiger partial charge in [-0.2, -0.15) is 13.2 Å². The quantitative estimate of drug-likeness (QED) is 0.423. The Hall–Kier alpha value is -3.32. The van der Waals surface area contributed by atoms with Crippen molar-refractivity contribution >= 4 is 35.0 Å². The van der Waals surface area contributed by atoms with E-state index in [9.17, 15) is 27.9 Å². The SMILES string of the molecule is O=C(O)C(=C1CCCC(=Cc2ccc(OC(F)=C(F)F)cc2)C1=O)c1ccc(Cl)cc1. The van der Waals surface area contributed by atoms with Gasteiger partial charge in [-0.15, -0.1) is 0 Å². The van der Waals surface area contributed by atoms with Gasteiger partial charge < -0.3 is 9.84 Å². The van der Waals surface area contributed by atoms with Crippen molar-refractivity contribution in [3.8, 4) is 5.75 Å². The van der Waals surface area contributed by atoms with E-state index in [2.05, 4.69) is 4.74 Å². The zero-order valence-electron chi connectivity index (χ0n) is 16.0. The molecule has 1 aliphatic rings. The molecule has 0 aromatic heterocycles. The number of benzene rings is 2. The third-order valence-corrected chi connectivity index (χ3v) is 4.92.